The smallest absolute Gasteiger partial charge is 0.375 e. The Labute approximate surface area is 189 Å². The number of H-pyrrole nitrogens is 1. The largest absolute Gasteiger partial charge is 0.415 e. The van der Waals surface area contributed by atoms with Crippen LogP contribution in [0.1, 0.15) is 34.0 Å². The number of hydrogen-bond acceptors (Lipinski definition) is 5. The number of carbonyl (C=O) groups excluding carboxylic acids is 2. The Hall–Kier alpha value is -4.17. The maximum Gasteiger partial charge on any atom is 0.415 e. The van der Waals surface area contributed by atoms with Gasteiger partial charge < -0.3 is 20.1 Å². The third kappa shape index (κ3) is 3.50. The lowest BCUT2D eigenvalue weighted by Gasteiger charge is -2.35. The summed E-state index contributed by atoms with van der Waals surface area (Å²) in [6, 6.07) is 21.8. The Morgan fingerprint density at radius 1 is 1.12 bits per heavy atom. The lowest BCUT2D eigenvalue weighted by molar-refractivity contribution is -0.0542. The summed E-state index contributed by atoms with van der Waals surface area (Å²) in [5.41, 5.74) is 1.83. The van der Waals surface area contributed by atoms with E-state index in [9.17, 15) is 14.7 Å². The van der Waals surface area contributed by atoms with Crippen LogP contribution in [0, 0.1) is 0 Å². The van der Waals surface area contributed by atoms with Gasteiger partial charge in [0, 0.05) is 29.8 Å². The average molecular weight is 442 g/mol. The number of fused-ring (bicyclic) bond motifs is 2. The summed E-state index contributed by atoms with van der Waals surface area (Å²) < 4.78 is 5.16. The molecule has 3 aromatic carbocycles. The molecule has 1 atom stereocenters. The fourth-order valence-electron chi connectivity index (χ4n) is 4.19. The first-order valence-electron chi connectivity index (χ1n) is 10.6. The van der Waals surface area contributed by atoms with Crippen molar-refractivity contribution in [1.82, 2.24) is 20.2 Å². The molecule has 0 spiro atoms. The van der Waals surface area contributed by atoms with Gasteiger partial charge in [-0.3, -0.25) is 9.69 Å². The van der Waals surface area contributed by atoms with Crippen molar-refractivity contribution in [3.05, 3.63) is 95.1 Å². The minimum atomic E-state index is -1.68. The van der Waals surface area contributed by atoms with Crippen LogP contribution >= 0.6 is 0 Å². The Bertz CT molecular complexity index is 1350. The molecule has 2 heterocycles. The van der Waals surface area contributed by atoms with Gasteiger partial charge in [-0.2, -0.15) is 4.98 Å². The van der Waals surface area contributed by atoms with Crippen molar-refractivity contribution in [2.24, 2.45) is 0 Å². The van der Waals surface area contributed by atoms with E-state index in [4.69, 9.17) is 4.74 Å². The van der Waals surface area contributed by atoms with Crippen LogP contribution in [0.2, 0.25) is 0 Å². The Kier molecular flexibility index (Phi) is 5.07. The van der Waals surface area contributed by atoms with Crippen molar-refractivity contribution < 1.29 is 19.4 Å². The third-order valence-corrected chi connectivity index (χ3v) is 5.73. The molecule has 5 rings (SSSR count). The number of nitrogens with zero attached hydrogens (tertiary/aromatic N) is 2. The van der Waals surface area contributed by atoms with Gasteiger partial charge in [0.15, 0.2) is 5.72 Å². The van der Waals surface area contributed by atoms with Gasteiger partial charge in [0.1, 0.15) is 0 Å². The molecule has 4 aromatic rings. The number of amides is 2. The summed E-state index contributed by atoms with van der Waals surface area (Å²) >= 11 is 0. The van der Waals surface area contributed by atoms with E-state index < -0.39 is 11.8 Å². The molecule has 0 saturated carbocycles. The summed E-state index contributed by atoms with van der Waals surface area (Å²) in [5, 5.41) is 14.6. The standard InChI is InChI=1S/C25H22N4O4/c1-2-26-24(31)33-23-27-20-13-12-17(14-21(20)28-23)25(32)19-11-7-6-10-18(19)22(30)29(25)15-16-8-4-3-5-9-16/h3-14,32H,2,15H2,1H3,(H,26,31)(H,27,28). The molecular weight excluding hydrogens is 420 g/mol. The number of aromatic nitrogens is 2. The molecule has 1 unspecified atom stereocenters. The van der Waals surface area contributed by atoms with Crippen LogP contribution in [0.25, 0.3) is 11.0 Å². The van der Waals surface area contributed by atoms with Crippen LogP contribution in [0.3, 0.4) is 0 Å². The van der Waals surface area contributed by atoms with Crippen molar-refractivity contribution in [3.63, 3.8) is 0 Å². The van der Waals surface area contributed by atoms with Crippen LogP contribution in [-0.4, -0.2) is 38.5 Å². The Balaban J connectivity index is 1.58. The zero-order chi connectivity index (χ0) is 23.0. The molecule has 0 radical (unpaired) electrons. The zero-order valence-electron chi connectivity index (χ0n) is 17.9. The van der Waals surface area contributed by atoms with E-state index in [2.05, 4.69) is 15.3 Å². The van der Waals surface area contributed by atoms with E-state index >= 15 is 0 Å². The molecule has 33 heavy (non-hydrogen) atoms. The minimum Gasteiger partial charge on any atom is -0.375 e. The number of rotatable bonds is 5. The van der Waals surface area contributed by atoms with E-state index in [0.29, 0.717) is 34.3 Å². The van der Waals surface area contributed by atoms with Crippen molar-refractivity contribution in [2.45, 2.75) is 19.2 Å². The molecule has 0 bridgehead atoms. The quantitative estimate of drug-likeness (QED) is 0.438. The molecule has 2 amide bonds. The topological polar surface area (TPSA) is 108 Å². The maximum absolute atomic E-state index is 13.3. The SMILES string of the molecule is CCNC(=O)Oc1nc2ccc(C3(O)c4ccccc4C(=O)N3Cc3ccccc3)cc2[nH]1. The molecule has 0 fully saturated rings. The number of aliphatic hydroxyl groups is 1. The zero-order valence-corrected chi connectivity index (χ0v) is 17.9. The molecule has 3 N–H and O–H groups in total. The summed E-state index contributed by atoms with van der Waals surface area (Å²) in [5.74, 6) is -0.248. The van der Waals surface area contributed by atoms with E-state index in [1.165, 1.54) is 4.90 Å². The number of carbonyl (C=O) groups is 2. The molecule has 8 heteroatoms. The number of aromatic amines is 1. The second kappa shape index (κ2) is 8.07. The maximum atomic E-state index is 13.3. The second-order valence-electron chi connectivity index (χ2n) is 7.79. The monoisotopic (exact) mass is 442 g/mol. The van der Waals surface area contributed by atoms with Crippen molar-refractivity contribution in [3.8, 4) is 6.01 Å². The van der Waals surface area contributed by atoms with Gasteiger partial charge in [0.2, 0.25) is 0 Å². The molecule has 1 aliphatic rings. The number of nitrogens with one attached hydrogen (secondary N) is 2. The van der Waals surface area contributed by atoms with Gasteiger partial charge in [-0.1, -0.05) is 54.6 Å². The minimum absolute atomic E-state index is 0.0455. The van der Waals surface area contributed by atoms with Gasteiger partial charge in [0.25, 0.3) is 5.91 Å². The van der Waals surface area contributed by atoms with Gasteiger partial charge >= 0.3 is 12.1 Å². The molecule has 0 saturated heterocycles. The molecule has 1 aliphatic heterocycles. The van der Waals surface area contributed by atoms with E-state index in [-0.39, 0.29) is 18.5 Å². The summed E-state index contributed by atoms with van der Waals surface area (Å²) in [6.07, 6.45) is -0.611. The normalized spacial score (nSPS) is 17.3. The van der Waals surface area contributed by atoms with Gasteiger partial charge in [-0.05, 0) is 30.7 Å². The highest BCUT2D eigenvalue weighted by Crippen LogP contribution is 2.43. The van der Waals surface area contributed by atoms with Crippen molar-refractivity contribution >= 4 is 23.0 Å². The Morgan fingerprint density at radius 3 is 2.67 bits per heavy atom. The first-order valence-corrected chi connectivity index (χ1v) is 10.6. The van der Waals surface area contributed by atoms with Crippen molar-refractivity contribution in [1.29, 1.82) is 0 Å². The van der Waals surface area contributed by atoms with Gasteiger partial charge in [0.05, 0.1) is 11.0 Å². The molecule has 1 aromatic heterocycles. The predicted molar refractivity (Wildman–Crippen MR) is 122 cm³/mol. The lowest BCUT2D eigenvalue weighted by atomic mass is 9.93. The summed E-state index contributed by atoms with van der Waals surface area (Å²) in [4.78, 5) is 33.7. The predicted octanol–water partition coefficient (Wildman–Crippen LogP) is 3.52. The van der Waals surface area contributed by atoms with Gasteiger partial charge in [-0.25, -0.2) is 4.79 Å². The van der Waals surface area contributed by atoms with E-state index in [0.717, 1.165) is 5.56 Å². The number of imidazole rings is 1. The summed E-state index contributed by atoms with van der Waals surface area (Å²) in [6.45, 7) is 2.45. The van der Waals surface area contributed by atoms with E-state index in [1.54, 1.807) is 49.4 Å². The Morgan fingerprint density at radius 2 is 1.88 bits per heavy atom. The third-order valence-electron chi connectivity index (χ3n) is 5.73. The van der Waals surface area contributed by atoms with Crippen LogP contribution in [0.5, 0.6) is 6.01 Å². The second-order valence-corrected chi connectivity index (χ2v) is 7.79. The lowest BCUT2D eigenvalue weighted by Crippen LogP contribution is -2.44. The first kappa shape index (κ1) is 20.7. The van der Waals surface area contributed by atoms with Gasteiger partial charge in [-0.15, -0.1) is 0 Å². The highest BCUT2D eigenvalue weighted by atomic mass is 16.6. The van der Waals surface area contributed by atoms with Crippen LogP contribution in [0.15, 0.2) is 72.8 Å². The molecule has 8 nitrogen and oxygen atoms in total. The van der Waals surface area contributed by atoms with Crippen molar-refractivity contribution in [2.75, 3.05) is 6.54 Å². The van der Waals surface area contributed by atoms with Crippen LogP contribution < -0.4 is 10.1 Å². The highest BCUT2D eigenvalue weighted by Gasteiger charge is 2.49. The fraction of sp³-hybridized carbons (Fsp3) is 0.160. The van der Waals surface area contributed by atoms with E-state index in [1.807, 2.05) is 30.3 Å². The average Bonchev–Trinajstić information content (AvgIpc) is 3.32. The molecule has 166 valence electrons. The number of hydrogen-bond donors (Lipinski definition) is 3. The highest BCUT2D eigenvalue weighted by molar-refractivity contribution is 6.00. The number of benzene rings is 3. The number of ether oxygens (including phenoxy) is 1. The summed E-state index contributed by atoms with van der Waals surface area (Å²) in [7, 11) is 0. The molecule has 0 aliphatic carbocycles. The molecular formula is C25H22N4O4. The van der Waals surface area contributed by atoms with Crippen LogP contribution in [0.4, 0.5) is 4.79 Å². The first-order chi connectivity index (χ1) is 16.0. The fourth-order valence-corrected chi connectivity index (χ4v) is 4.19. The van der Waals surface area contributed by atoms with Crippen LogP contribution in [-0.2, 0) is 12.3 Å².